The van der Waals surface area contributed by atoms with Crippen molar-refractivity contribution >= 4 is 5.97 Å². The number of aliphatic carboxylic acids is 1. The van der Waals surface area contributed by atoms with Crippen LogP contribution in [0.5, 0.6) is 0 Å². The maximum Gasteiger partial charge on any atom is 0.320 e. The molecule has 0 aromatic rings. The summed E-state index contributed by atoms with van der Waals surface area (Å²) in [7, 11) is 0. The van der Waals surface area contributed by atoms with E-state index in [-0.39, 0.29) is 6.23 Å². The fourth-order valence-electron chi connectivity index (χ4n) is 1.22. The quantitative estimate of drug-likeness (QED) is 0.599. The van der Waals surface area contributed by atoms with Gasteiger partial charge in [0, 0.05) is 0 Å². The number of nitrogens with one attached hydrogen (secondary N) is 1. The number of carboxylic acids is 1. The number of carbonyl (C=O) groups is 1. The molecule has 0 aromatic heterocycles. The highest BCUT2D eigenvalue weighted by Gasteiger charge is 2.28. The van der Waals surface area contributed by atoms with Crippen molar-refractivity contribution in [3.8, 4) is 0 Å². The Morgan fingerprint density at radius 2 is 2.50 bits per heavy atom. The zero-order valence-electron chi connectivity index (χ0n) is 6.82. The molecule has 2 N–H and O–H groups in total. The highest BCUT2D eigenvalue weighted by Crippen LogP contribution is 2.13. The maximum absolute atomic E-state index is 10.5. The van der Waals surface area contributed by atoms with Gasteiger partial charge in [-0.2, -0.15) is 0 Å². The Morgan fingerprint density at radius 1 is 1.75 bits per heavy atom. The third-order valence-corrected chi connectivity index (χ3v) is 1.82. The number of rotatable bonds is 4. The Balaban J connectivity index is 2.25. The SMILES string of the molecule is C=CCOC1CCC(C(=O)O)N1. The van der Waals surface area contributed by atoms with Crippen LogP contribution in [0, 0.1) is 0 Å². The molecule has 68 valence electrons. The Bertz CT molecular complexity index is 181. The molecule has 0 amide bonds. The normalized spacial score (nSPS) is 28.7. The Kier molecular flexibility index (Phi) is 3.25. The molecule has 0 aliphatic carbocycles. The van der Waals surface area contributed by atoms with Crippen LogP contribution in [0.4, 0.5) is 0 Å². The Hall–Kier alpha value is -0.870. The molecule has 1 aliphatic heterocycles. The lowest BCUT2D eigenvalue weighted by molar-refractivity contribution is -0.139. The maximum atomic E-state index is 10.5. The summed E-state index contributed by atoms with van der Waals surface area (Å²) in [6.45, 7) is 3.97. The molecular weight excluding hydrogens is 158 g/mol. The summed E-state index contributed by atoms with van der Waals surface area (Å²) >= 11 is 0. The lowest BCUT2D eigenvalue weighted by Crippen LogP contribution is -2.36. The van der Waals surface area contributed by atoms with E-state index < -0.39 is 12.0 Å². The largest absolute Gasteiger partial charge is 0.480 e. The zero-order chi connectivity index (χ0) is 8.97. The van der Waals surface area contributed by atoms with Gasteiger partial charge in [-0.25, -0.2) is 0 Å². The van der Waals surface area contributed by atoms with E-state index in [1.54, 1.807) is 6.08 Å². The fraction of sp³-hybridized carbons (Fsp3) is 0.625. The van der Waals surface area contributed by atoms with E-state index in [1.807, 2.05) is 0 Å². The first-order valence-corrected chi connectivity index (χ1v) is 3.95. The van der Waals surface area contributed by atoms with E-state index in [4.69, 9.17) is 9.84 Å². The summed E-state index contributed by atoms with van der Waals surface area (Å²) in [4.78, 5) is 10.5. The Morgan fingerprint density at radius 3 is 3.00 bits per heavy atom. The molecule has 1 aliphatic rings. The number of ether oxygens (including phenoxy) is 1. The average Bonchev–Trinajstić information content (AvgIpc) is 2.48. The number of carboxylic acid groups (broad SMARTS) is 1. The molecule has 1 saturated heterocycles. The van der Waals surface area contributed by atoms with Gasteiger partial charge in [-0.1, -0.05) is 6.08 Å². The van der Waals surface area contributed by atoms with Gasteiger partial charge in [-0.15, -0.1) is 6.58 Å². The molecular formula is C8H13NO3. The van der Waals surface area contributed by atoms with Crippen LogP contribution in [-0.2, 0) is 9.53 Å². The van der Waals surface area contributed by atoms with E-state index >= 15 is 0 Å². The van der Waals surface area contributed by atoms with Crippen molar-refractivity contribution in [3.05, 3.63) is 12.7 Å². The second-order valence-corrected chi connectivity index (χ2v) is 2.75. The lowest BCUT2D eigenvalue weighted by atomic mass is 10.2. The van der Waals surface area contributed by atoms with Gasteiger partial charge in [0.05, 0.1) is 6.61 Å². The average molecular weight is 171 g/mol. The molecule has 2 unspecified atom stereocenters. The zero-order valence-corrected chi connectivity index (χ0v) is 6.82. The van der Waals surface area contributed by atoms with Gasteiger partial charge in [-0.05, 0) is 12.8 Å². The van der Waals surface area contributed by atoms with Gasteiger partial charge < -0.3 is 9.84 Å². The molecule has 2 atom stereocenters. The van der Waals surface area contributed by atoms with Gasteiger partial charge in [-0.3, -0.25) is 10.1 Å². The van der Waals surface area contributed by atoms with Crippen molar-refractivity contribution in [3.63, 3.8) is 0 Å². The number of hydrogen-bond acceptors (Lipinski definition) is 3. The van der Waals surface area contributed by atoms with Crippen molar-refractivity contribution in [1.82, 2.24) is 5.32 Å². The van der Waals surface area contributed by atoms with Crippen molar-refractivity contribution < 1.29 is 14.6 Å². The molecule has 0 radical (unpaired) electrons. The highest BCUT2D eigenvalue weighted by molar-refractivity contribution is 5.73. The minimum atomic E-state index is -0.806. The van der Waals surface area contributed by atoms with Crippen LogP contribution in [0.1, 0.15) is 12.8 Å². The van der Waals surface area contributed by atoms with Crippen LogP contribution in [-0.4, -0.2) is 30.0 Å². The molecule has 1 rings (SSSR count). The topological polar surface area (TPSA) is 58.6 Å². The van der Waals surface area contributed by atoms with E-state index in [1.165, 1.54) is 0 Å². The third kappa shape index (κ3) is 2.32. The van der Waals surface area contributed by atoms with E-state index in [0.29, 0.717) is 13.0 Å². The van der Waals surface area contributed by atoms with Gasteiger partial charge in [0.25, 0.3) is 0 Å². The highest BCUT2D eigenvalue weighted by atomic mass is 16.5. The minimum absolute atomic E-state index is 0.121. The van der Waals surface area contributed by atoms with E-state index in [0.717, 1.165) is 6.42 Å². The molecule has 4 nitrogen and oxygen atoms in total. The van der Waals surface area contributed by atoms with Crippen LogP contribution < -0.4 is 5.32 Å². The predicted octanol–water partition coefficient (Wildman–Crippen LogP) is 0.352. The first-order chi connectivity index (χ1) is 5.74. The standard InChI is InChI=1S/C8H13NO3/c1-2-5-12-7-4-3-6(9-7)8(10)11/h2,6-7,9H,1,3-5H2,(H,10,11). The van der Waals surface area contributed by atoms with Crippen molar-refractivity contribution in [2.75, 3.05) is 6.61 Å². The summed E-state index contributed by atoms with van der Waals surface area (Å²) in [5.41, 5.74) is 0. The van der Waals surface area contributed by atoms with Crippen molar-refractivity contribution in [2.45, 2.75) is 25.1 Å². The molecule has 0 bridgehead atoms. The van der Waals surface area contributed by atoms with Crippen LogP contribution in [0.15, 0.2) is 12.7 Å². The molecule has 0 aromatic carbocycles. The van der Waals surface area contributed by atoms with Crippen LogP contribution in [0.3, 0.4) is 0 Å². The molecule has 0 saturated carbocycles. The minimum Gasteiger partial charge on any atom is -0.480 e. The van der Waals surface area contributed by atoms with Gasteiger partial charge in [0.1, 0.15) is 12.3 Å². The van der Waals surface area contributed by atoms with Crippen LogP contribution in [0.25, 0.3) is 0 Å². The smallest absolute Gasteiger partial charge is 0.320 e. The summed E-state index contributed by atoms with van der Waals surface area (Å²) < 4.78 is 5.24. The first kappa shape index (κ1) is 9.22. The molecule has 12 heavy (non-hydrogen) atoms. The molecule has 1 heterocycles. The van der Waals surface area contributed by atoms with Crippen molar-refractivity contribution in [1.29, 1.82) is 0 Å². The van der Waals surface area contributed by atoms with Crippen LogP contribution >= 0.6 is 0 Å². The molecule has 1 fully saturated rings. The van der Waals surface area contributed by atoms with Crippen LogP contribution in [0.2, 0.25) is 0 Å². The summed E-state index contributed by atoms with van der Waals surface area (Å²) in [5.74, 6) is -0.806. The van der Waals surface area contributed by atoms with E-state index in [9.17, 15) is 4.79 Å². The monoisotopic (exact) mass is 171 g/mol. The lowest BCUT2D eigenvalue weighted by Gasteiger charge is -2.10. The second kappa shape index (κ2) is 4.23. The second-order valence-electron chi connectivity index (χ2n) is 2.75. The van der Waals surface area contributed by atoms with Crippen molar-refractivity contribution in [2.24, 2.45) is 0 Å². The summed E-state index contributed by atoms with van der Waals surface area (Å²) in [5, 5.41) is 11.5. The third-order valence-electron chi connectivity index (χ3n) is 1.82. The fourth-order valence-corrected chi connectivity index (χ4v) is 1.22. The summed E-state index contributed by atoms with van der Waals surface area (Å²) in [6, 6.07) is -0.445. The van der Waals surface area contributed by atoms with Gasteiger partial charge >= 0.3 is 5.97 Å². The first-order valence-electron chi connectivity index (χ1n) is 3.95. The Labute approximate surface area is 71.2 Å². The van der Waals surface area contributed by atoms with E-state index in [2.05, 4.69) is 11.9 Å². The predicted molar refractivity (Wildman–Crippen MR) is 43.7 cm³/mol. The van der Waals surface area contributed by atoms with Gasteiger partial charge in [0.2, 0.25) is 0 Å². The summed E-state index contributed by atoms with van der Waals surface area (Å²) in [6.07, 6.45) is 2.92. The molecule has 0 spiro atoms. The molecule has 4 heteroatoms. The number of hydrogen-bond donors (Lipinski definition) is 2. The van der Waals surface area contributed by atoms with Gasteiger partial charge in [0.15, 0.2) is 0 Å².